The smallest absolute Gasteiger partial charge is 0.333 e. The topological polar surface area (TPSA) is 122 Å². The van der Waals surface area contributed by atoms with Crippen LogP contribution in [0.2, 0.25) is 0 Å². The predicted octanol–water partition coefficient (Wildman–Crippen LogP) is 1.19. The first-order valence-corrected chi connectivity index (χ1v) is 9.01. The molecule has 1 aliphatic rings. The summed E-state index contributed by atoms with van der Waals surface area (Å²) in [6, 6.07) is 8.83. The average molecular weight is 364 g/mol. The van der Waals surface area contributed by atoms with Gasteiger partial charge in [-0.25, -0.2) is 9.59 Å². The Labute approximate surface area is 143 Å². The fraction of sp³-hybridized carbons (Fsp3) is 0.188. The van der Waals surface area contributed by atoms with Crippen molar-refractivity contribution in [2.24, 2.45) is 7.05 Å². The van der Waals surface area contributed by atoms with Crippen LogP contribution < -0.4 is 11.2 Å². The van der Waals surface area contributed by atoms with Crippen molar-refractivity contribution in [3.63, 3.8) is 0 Å². The minimum Gasteiger partial charge on any atom is -0.478 e. The normalized spacial score (nSPS) is 16.7. The van der Waals surface area contributed by atoms with Gasteiger partial charge in [0.2, 0.25) is 0 Å². The maximum Gasteiger partial charge on any atom is 0.333 e. The van der Waals surface area contributed by atoms with Crippen molar-refractivity contribution in [3.8, 4) is 0 Å². The molecule has 0 radical (unpaired) electrons. The first-order chi connectivity index (χ1) is 11.7. The minimum absolute atomic E-state index is 0.00490. The minimum atomic E-state index is -3.60. The van der Waals surface area contributed by atoms with E-state index in [1.54, 1.807) is 30.3 Å². The van der Waals surface area contributed by atoms with Crippen LogP contribution in [0, 0.1) is 0 Å². The Morgan fingerprint density at radius 3 is 2.44 bits per heavy atom. The molecule has 0 aliphatic carbocycles. The summed E-state index contributed by atoms with van der Waals surface area (Å²) < 4.78 is 22.5. The molecule has 1 aromatic carbocycles. The molecule has 8 nitrogen and oxygen atoms in total. The highest BCUT2D eigenvalue weighted by atomic mass is 32.3. The van der Waals surface area contributed by atoms with Gasteiger partial charge in [-0.1, -0.05) is 30.3 Å². The molecule has 0 saturated heterocycles. The van der Waals surface area contributed by atoms with Crippen LogP contribution in [0.1, 0.15) is 11.1 Å². The van der Waals surface area contributed by atoms with Crippen molar-refractivity contribution in [2.45, 2.75) is 11.6 Å². The van der Waals surface area contributed by atoms with Gasteiger partial charge in [-0.05, 0) is 11.6 Å². The maximum atomic E-state index is 12.8. The van der Waals surface area contributed by atoms with Gasteiger partial charge in [0, 0.05) is 7.05 Å². The lowest BCUT2D eigenvalue weighted by atomic mass is 10.2. The van der Waals surface area contributed by atoms with Gasteiger partial charge in [0.15, 0.2) is 0 Å². The molecule has 132 valence electrons. The molecule has 3 N–H and O–H groups in total. The summed E-state index contributed by atoms with van der Waals surface area (Å²) in [6.45, 7) is -0.00490. The van der Waals surface area contributed by atoms with Crippen molar-refractivity contribution in [1.82, 2.24) is 9.13 Å². The molecule has 3 rings (SSSR count). The van der Waals surface area contributed by atoms with Crippen molar-refractivity contribution in [1.29, 1.82) is 0 Å². The summed E-state index contributed by atoms with van der Waals surface area (Å²) in [5.41, 5.74) is -1.19. The second-order valence-electron chi connectivity index (χ2n) is 5.72. The van der Waals surface area contributed by atoms with Crippen LogP contribution in [0.25, 0.3) is 6.08 Å². The van der Waals surface area contributed by atoms with E-state index in [0.717, 1.165) is 15.2 Å². The maximum absolute atomic E-state index is 12.8. The Balaban J connectivity index is 2.28. The van der Waals surface area contributed by atoms with Gasteiger partial charge in [-0.3, -0.25) is 23.0 Å². The molecule has 25 heavy (non-hydrogen) atoms. The highest BCUT2D eigenvalue weighted by molar-refractivity contribution is 8.24. The second-order valence-corrected chi connectivity index (χ2v) is 7.73. The molecule has 0 atom stereocenters. The molecule has 2 aromatic rings. The number of benzene rings is 1. The van der Waals surface area contributed by atoms with E-state index >= 15 is 0 Å². The van der Waals surface area contributed by atoms with Crippen molar-refractivity contribution in [2.75, 3.05) is 5.75 Å². The quantitative estimate of drug-likeness (QED) is 0.703. The Bertz CT molecular complexity index is 1000. The van der Waals surface area contributed by atoms with Crippen LogP contribution in [0.3, 0.4) is 0 Å². The number of carboxylic acids is 1. The molecular weight excluding hydrogens is 348 g/mol. The molecule has 0 bridgehead atoms. The zero-order chi connectivity index (χ0) is 18.4. The number of carboxylic acid groups (broad SMARTS) is 1. The van der Waals surface area contributed by atoms with E-state index in [4.69, 9.17) is 5.11 Å². The fourth-order valence-corrected chi connectivity index (χ4v) is 4.61. The number of carbonyl (C=O) groups is 1. The van der Waals surface area contributed by atoms with E-state index in [1.165, 1.54) is 7.05 Å². The molecule has 9 heteroatoms. The summed E-state index contributed by atoms with van der Waals surface area (Å²) in [4.78, 5) is 36.5. The van der Waals surface area contributed by atoms with E-state index in [2.05, 4.69) is 0 Å². The molecule has 1 aromatic heterocycles. The molecule has 0 spiro atoms. The lowest BCUT2D eigenvalue weighted by Crippen LogP contribution is -2.43. The van der Waals surface area contributed by atoms with Gasteiger partial charge in [0.25, 0.3) is 5.56 Å². The van der Waals surface area contributed by atoms with E-state index in [-0.39, 0.29) is 22.7 Å². The lowest BCUT2D eigenvalue weighted by molar-refractivity contribution is -0.132. The summed E-state index contributed by atoms with van der Waals surface area (Å²) in [5.74, 6) is -1.88. The molecule has 0 amide bonds. The monoisotopic (exact) mass is 364 g/mol. The SMILES string of the molecule is Cn1c2c(c(=O)n(Cc3ccccc3)c1=O)C=C(C(=O)O)CS2(O)O. The van der Waals surface area contributed by atoms with Gasteiger partial charge in [0.05, 0.1) is 23.4 Å². The Hall–Kier alpha value is -2.62. The third kappa shape index (κ3) is 2.93. The summed E-state index contributed by atoms with van der Waals surface area (Å²) in [7, 11) is -2.27. The second kappa shape index (κ2) is 6.03. The standard InChI is InChI=1S/C16H16N2O6S/c1-17-14-12(7-11(15(20)21)9-25(14,23)24)13(19)18(16(17)22)8-10-5-3-2-4-6-10/h2-7,23-24H,8-9H2,1H3,(H,20,21). The van der Waals surface area contributed by atoms with E-state index in [9.17, 15) is 23.5 Å². The van der Waals surface area contributed by atoms with E-state index < -0.39 is 33.6 Å². The molecular formula is C16H16N2O6S. The van der Waals surface area contributed by atoms with Crippen molar-refractivity contribution >= 4 is 22.6 Å². The summed E-state index contributed by atoms with van der Waals surface area (Å²) in [6.07, 6.45) is 1.11. The number of rotatable bonds is 3. The molecule has 0 fully saturated rings. The molecule has 0 unspecified atom stereocenters. The number of aliphatic carboxylic acids is 1. The molecule has 2 heterocycles. The first-order valence-electron chi connectivity index (χ1n) is 7.30. The Morgan fingerprint density at radius 2 is 1.84 bits per heavy atom. The zero-order valence-electron chi connectivity index (χ0n) is 13.2. The van der Waals surface area contributed by atoms with Gasteiger partial charge < -0.3 is 5.11 Å². The van der Waals surface area contributed by atoms with Crippen LogP contribution in [-0.2, 0) is 18.4 Å². The number of hydrogen-bond donors (Lipinski definition) is 3. The van der Waals surface area contributed by atoms with Crippen molar-refractivity contribution < 1.29 is 19.0 Å². The van der Waals surface area contributed by atoms with Crippen molar-refractivity contribution in [3.05, 3.63) is 67.9 Å². The van der Waals surface area contributed by atoms with Gasteiger partial charge >= 0.3 is 11.7 Å². The average Bonchev–Trinajstić information content (AvgIpc) is 2.56. The van der Waals surface area contributed by atoms with Crippen LogP contribution in [0.4, 0.5) is 0 Å². The van der Waals surface area contributed by atoms with Crippen LogP contribution in [-0.4, -0.2) is 35.1 Å². The Morgan fingerprint density at radius 1 is 1.20 bits per heavy atom. The third-order valence-corrected chi connectivity index (χ3v) is 5.80. The molecule has 1 aliphatic heterocycles. The highest BCUT2D eigenvalue weighted by Crippen LogP contribution is 2.52. The fourth-order valence-electron chi connectivity index (χ4n) is 2.82. The van der Waals surface area contributed by atoms with E-state index in [1.807, 2.05) is 0 Å². The van der Waals surface area contributed by atoms with Crippen LogP contribution in [0.15, 0.2) is 50.5 Å². The number of fused-ring (bicyclic) bond motifs is 1. The molecule has 0 saturated carbocycles. The summed E-state index contributed by atoms with van der Waals surface area (Å²) >= 11 is 0. The Kier molecular flexibility index (Phi) is 4.15. The number of nitrogens with zero attached hydrogens (tertiary/aromatic N) is 2. The lowest BCUT2D eigenvalue weighted by Gasteiger charge is -2.37. The van der Waals surface area contributed by atoms with E-state index in [0.29, 0.717) is 5.56 Å². The largest absolute Gasteiger partial charge is 0.478 e. The third-order valence-electron chi connectivity index (χ3n) is 3.97. The predicted molar refractivity (Wildman–Crippen MR) is 93.1 cm³/mol. The van der Waals surface area contributed by atoms with Crippen LogP contribution >= 0.6 is 10.6 Å². The summed E-state index contributed by atoms with van der Waals surface area (Å²) in [5, 5.41) is 8.94. The van der Waals surface area contributed by atoms with Gasteiger partial charge in [-0.15, -0.1) is 10.6 Å². The zero-order valence-corrected chi connectivity index (χ0v) is 14.1. The first kappa shape index (κ1) is 17.2. The number of aromatic nitrogens is 2. The van der Waals surface area contributed by atoms with Gasteiger partial charge in [0.1, 0.15) is 5.03 Å². The number of hydrogen-bond acceptors (Lipinski definition) is 5. The van der Waals surface area contributed by atoms with Crippen LogP contribution in [0.5, 0.6) is 0 Å². The highest BCUT2D eigenvalue weighted by Gasteiger charge is 2.33. The van der Waals surface area contributed by atoms with Gasteiger partial charge in [-0.2, -0.15) is 0 Å².